The Bertz CT molecular complexity index is 1240. The molecule has 2 unspecified atom stereocenters. The van der Waals surface area contributed by atoms with Crippen molar-refractivity contribution in [2.75, 3.05) is 34.5 Å². The van der Waals surface area contributed by atoms with Crippen LogP contribution in [0.3, 0.4) is 0 Å². The first-order valence-corrected chi connectivity index (χ1v) is 11.7. The lowest BCUT2D eigenvalue weighted by Crippen LogP contribution is -2.33. The van der Waals surface area contributed by atoms with Gasteiger partial charge >= 0.3 is 5.97 Å². The highest BCUT2D eigenvalue weighted by Gasteiger charge is 2.39. The molecule has 4 rings (SSSR count). The van der Waals surface area contributed by atoms with Crippen molar-refractivity contribution in [3.63, 3.8) is 0 Å². The largest absolute Gasteiger partial charge is 0.512 e. The average molecular weight is 494 g/mol. The van der Waals surface area contributed by atoms with E-state index in [4.69, 9.17) is 18.9 Å². The number of aliphatic hydroxyl groups excluding tert-OH is 1. The van der Waals surface area contributed by atoms with Gasteiger partial charge in [-0.15, -0.1) is 0 Å². The van der Waals surface area contributed by atoms with Crippen LogP contribution in [-0.2, 0) is 14.3 Å². The highest BCUT2D eigenvalue weighted by atomic mass is 16.6. The van der Waals surface area contributed by atoms with Crippen LogP contribution in [0.25, 0.3) is 0 Å². The quantitative estimate of drug-likeness (QED) is 0.366. The summed E-state index contributed by atoms with van der Waals surface area (Å²) in [7, 11) is 4.70. The second-order valence-electron chi connectivity index (χ2n) is 8.69. The Morgan fingerprint density at radius 1 is 1.00 bits per heavy atom. The van der Waals surface area contributed by atoms with E-state index in [0.29, 0.717) is 46.0 Å². The van der Waals surface area contributed by atoms with Gasteiger partial charge in [-0.1, -0.05) is 24.3 Å². The highest BCUT2D eigenvalue weighted by Crippen LogP contribution is 2.47. The predicted octanol–water partition coefficient (Wildman–Crippen LogP) is 4.44. The maximum Gasteiger partial charge on any atom is 0.336 e. The zero-order valence-corrected chi connectivity index (χ0v) is 20.8. The number of carbonyl (C=O) groups excluding carboxylic acids is 1. The van der Waals surface area contributed by atoms with Gasteiger partial charge in [0.1, 0.15) is 12.4 Å². The van der Waals surface area contributed by atoms with Crippen LogP contribution in [0.1, 0.15) is 36.3 Å². The molecule has 2 aliphatic rings. The first-order valence-electron chi connectivity index (χ1n) is 11.7. The molecule has 1 heterocycles. The van der Waals surface area contributed by atoms with Gasteiger partial charge in [-0.3, -0.25) is 0 Å². The number of fused-ring (bicyclic) bond motifs is 1. The number of esters is 1. The second kappa shape index (κ2) is 10.8. The van der Waals surface area contributed by atoms with Crippen LogP contribution < -0.4 is 14.8 Å². The third kappa shape index (κ3) is 4.90. The smallest absolute Gasteiger partial charge is 0.336 e. The van der Waals surface area contributed by atoms with E-state index < -0.39 is 11.9 Å². The van der Waals surface area contributed by atoms with Gasteiger partial charge in [0, 0.05) is 42.3 Å². The Morgan fingerprint density at radius 3 is 2.47 bits per heavy atom. The van der Waals surface area contributed by atoms with Crippen LogP contribution in [0.4, 0.5) is 0 Å². The average Bonchev–Trinajstić information content (AvgIpc) is 2.87. The number of aromatic hydroxyl groups is 1. The van der Waals surface area contributed by atoms with Crippen molar-refractivity contribution in [3.8, 4) is 17.2 Å². The van der Waals surface area contributed by atoms with Gasteiger partial charge in [0.2, 0.25) is 0 Å². The van der Waals surface area contributed by atoms with E-state index in [2.05, 4.69) is 5.32 Å². The number of ether oxygens (including phenoxy) is 4. The van der Waals surface area contributed by atoms with Crippen molar-refractivity contribution in [1.82, 2.24) is 5.32 Å². The fourth-order valence-electron chi connectivity index (χ4n) is 4.79. The van der Waals surface area contributed by atoms with Gasteiger partial charge in [-0.25, -0.2) is 4.79 Å². The van der Waals surface area contributed by atoms with E-state index in [-0.39, 0.29) is 30.6 Å². The van der Waals surface area contributed by atoms with Crippen LogP contribution >= 0.6 is 0 Å². The Hall–Kier alpha value is -3.91. The summed E-state index contributed by atoms with van der Waals surface area (Å²) in [5.74, 6) is 0.194. The molecule has 0 saturated heterocycles. The highest BCUT2D eigenvalue weighted by molar-refractivity contribution is 5.93. The lowest BCUT2D eigenvalue weighted by atomic mass is 9.74. The van der Waals surface area contributed by atoms with Crippen molar-refractivity contribution < 1.29 is 34.0 Å². The van der Waals surface area contributed by atoms with Crippen LogP contribution in [0.15, 0.2) is 76.8 Å². The van der Waals surface area contributed by atoms with Crippen molar-refractivity contribution >= 4 is 5.97 Å². The molecule has 0 aromatic heterocycles. The topological polar surface area (TPSA) is 106 Å². The number of phenols is 1. The molecule has 0 amide bonds. The summed E-state index contributed by atoms with van der Waals surface area (Å²) in [6.07, 6.45) is 2.37. The van der Waals surface area contributed by atoms with Crippen LogP contribution in [-0.4, -0.2) is 50.7 Å². The van der Waals surface area contributed by atoms with E-state index in [1.54, 1.807) is 39.3 Å². The Morgan fingerprint density at radius 2 is 1.78 bits per heavy atom. The Labute approximate surface area is 210 Å². The lowest BCUT2D eigenvalue weighted by molar-refractivity contribution is -0.140. The summed E-state index contributed by atoms with van der Waals surface area (Å²) in [6.45, 7) is 2.18. The molecule has 1 aliphatic heterocycles. The number of aliphatic hydroxyl groups is 1. The first kappa shape index (κ1) is 25.2. The van der Waals surface area contributed by atoms with E-state index in [0.717, 1.165) is 5.56 Å². The molecule has 1 aliphatic carbocycles. The minimum absolute atomic E-state index is 0.0698. The number of methoxy groups -OCH3 is 3. The van der Waals surface area contributed by atoms with Crippen molar-refractivity contribution in [1.29, 1.82) is 0 Å². The number of hydrogen-bond acceptors (Lipinski definition) is 8. The van der Waals surface area contributed by atoms with Crippen LogP contribution in [0.2, 0.25) is 0 Å². The molecule has 2 aromatic carbocycles. The predicted molar refractivity (Wildman–Crippen MR) is 134 cm³/mol. The second-order valence-corrected chi connectivity index (χ2v) is 8.69. The summed E-state index contributed by atoms with van der Waals surface area (Å²) in [4.78, 5) is 13.2. The van der Waals surface area contributed by atoms with Crippen molar-refractivity contribution in [2.45, 2.75) is 25.2 Å². The number of benzene rings is 2. The molecular weight excluding hydrogens is 462 g/mol. The molecule has 2 aromatic rings. The summed E-state index contributed by atoms with van der Waals surface area (Å²) in [6, 6.07) is 12.4. The van der Waals surface area contributed by atoms with Gasteiger partial charge in [-0.2, -0.15) is 0 Å². The normalized spacial score (nSPS) is 19.3. The van der Waals surface area contributed by atoms with E-state index in [9.17, 15) is 15.0 Å². The fourth-order valence-corrected chi connectivity index (χ4v) is 4.79. The molecule has 3 N–H and O–H groups in total. The zero-order chi connectivity index (χ0) is 25.8. The molecule has 0 fully saturated rings. The number of rotatable bonds is 8. The number of hydrogen-bond donors (Lipinski definition) is 3. The number of nitrogens with one attached hydrogen (secondary N) is 1. The molecule has 2 atom stereocenters. The maximum absolute atomic E-state index is 13.2. The third-order valence-electron chi connectivity index (χ3n) is 6.47. The summed E-state index contributed by atoms with van der Waals surface area (Å²) < 4.78 is 21.3. The van der Waals surface area contributed by atoms with Crippen molar-refractivity contribution in [2.24, 2.45) is 0 Å². The van der Waals surface area contributed by atoms with Gasteiger partial charge in [0.25, 0.3) is 0 Å². The number of allylic oxidation sites excluding steroid dienone is 4. The van der Waals surface area contributed by atoms with Crippen LogP contribution in [0.5, 0.6) is 17.2 Å². The fraction of sp³-hybridized carbons (Fsp3) is 0.321. The molecule has 0 spiro atoms. The van der Waals surface area contributed by atoms with Crippen molar-refractivity contribution in [3.05, 3.63) is 88.0 Å². The van der Waals surface area contributed by atoms with Gasteiger partial charge in [0.15, 0.2) is 11.5 Å². The monoisotopic (exact) mass is 493 g/mol. The zero-order valence-electron chi connectivity index (χ0n) is 20.8. The standard InChI is InChI=1S/C28H31NO7/c1-16-25(28(32)36-11-10-33-2)26(18-6-5-7-20(30)12-18)27-21(29-16)13-19(14-22(27)31)17-8-9-23(34-3)24(15-17)35-4/h5-9,12-13,15,19,26,29-31H,10-11,14H2,1-4H3. The maximum atomic E-state index is 13.2. The molecule has 36 heavy (non-hydrogen) atoms. The molecule has 8 heteroatoms. The van der Waals surface area contributed by atoms with E-state index in [1.807, 2.05) is 30.3 Å². The summed E-state index contributed by atoms with van der Waals surface area (Å²) in [5, 5.41) is 24.8. The summed E-state index contributed by atoms with van der Waals surface area (Å²) >= 11 is 0. The SMILES string of the molecule is COCCOC(=O)C1=C(C)NC2=CC(c3ccc(OC)c(OC)c3)CC(O)=C2C1c1cccc(O)c1. The molecule has 0 saturated carbocycles. The first-order chi connectivity index (χ1) is 17.4. The Kier molecular flexibility index (Phi) is 7.55. The van der Waals surface area contributed by atoms with Gasteiger partial charge < -0.3 is 34.5 Å². The molecule has 190 valence electrons. The third-order valence-corrected chi connectivity index (χ3v) is 6.47. The Balaban J connectivity index is 1.78. The molecule has 0 radical (unpaired) electrons. The summed E-state index contributed by atoms with van der Waals surface area (Å²) in [5.41, 5.74) is 3.90. The van der Waals surface area contributed by atoms with Crippen LogP contribution in [0, 0.1) is 0 Å². The van der Waals surface area contributed by atoms with E-state index in [1.165, 1.54) is 7.11 Å². The minimum Gasteiger partial charge on any atom is -0.512 e. The lowest BCUT2D eigenvalue weighted by Gasteiger charge is -2.36. The van der Waals surface area contributed by atoms with E-state index >= 15 is 0 Å². The molecule has 0 bridgehead atoms. The molecule has 8 nitrogen and oxygen atoms in total. The van der Waals surface area contributed by atoms with Gasteiger partial charge in [0.05, 0.1) is 32.2 Å². The minimum atomic E-state index is -0.619. The molecular formula is C28H31NO7. The number of phenolic OH excluding ortho intramolecular Hbond substituents is 1. The van der Waals surface area contributed by atoms with Gasteiger partial charge in [-0.05, 0) is 42.3 Å². The number of carbonyl (C=O) groups is 1.